The van der Waals surface area contributed by atoms with Crippen molar-refractivity contribution in [2.75, 3.05) is 5.32 Å². The molecule has 5 heteroatoms. The number of aliphatic carboxylic acids is 1. The molecule has 0 saturated heterocycles. The van der Waals surface area contributed by atoms with E-state index < -0.39 is 12.0 Å². The van der Waals surface area contributed by atoms with Crippen LogP contribution in [0.25, 0.3) is 0 Å². The minimum atomic E-state index is -1.03. The molecule has 5 nitrogen and oxygen atoms in total. The van der Waals surface area contributed by atoms with Crippen LogP contribution in [-0.4, -0.2) is 11.1 Å². The Kier molecular flexibility index (Phi) is 7.88. The van der Waals surface area contributed by atoms with E-state index >= 15 is 0 Å². The van der Waals surface area contributed by atoms with E-state index in [1.807, 2.05) is 50.2 Å². The summed E-state index contributed by atoms with van der Waals surface area (Å²) < 4.78 is 6.27. The fourth-order valence-corrected chi connectivity index (χ4v) is 3.64. The predicted octanol–water partition coefficient (Wildman–Crippen LogP) is 6.06. The van der Waals surface area contributed by atoms with Crippen molar-refractivity contribution in [3.05, 3.63) is 107 Å². The molecule has 1 unspecified atom stereocenters. The average molecular weight is 441 g/mol. The van der Waals surface area contributed by atoms with Gasteiger partial charge in [-0.3, -0.25) is 0 Å². The summed E-state index contributed by atoms with van der Waals surface area (Å²) in [6.45, 7) is 8.36. The van der Waals surface area contributed by atoms with Crippen LogP contribution in [0, 0.1) is 11.3 Å². The van der Waals surface area contributed by atoms with Gasteiger partial charge in [0.05, 0.1) is 11.6 Å². The molecule has 1 atom stereocenters. The molecule has 0 bridgehead atoms. The molecule has 0 aliphatic heterocycles. The van der Waals surface area contributed by atoms with Crippen LogP contribution < -0.4 is 10.1 Å². The Balaban J connectivity index is 2.06. The first-order valence-corrected chi connectivity index (χ1v) is 10.9. The van der Waals surface area contributed by atoms with Crippen LogP contribution in [0.1, 0.15) is 47.7 Å². The summed E-state index contributed by atoms with van der Waals surface area (Å²) in [4.78, 5) is 12.4. The van der Waals surface area contributed by atoms with Gasteiger partial charge < -0.3 is 15.2 Å². The van der Waals surface area contributed by atoms with Crippen LogP contribution in [-0.2, 0) is 24.2 Å². The minimum Gasteiger partial charge on any atom is -0.488 e. The van der Waals surface area contributed by atoms with Gasteiger partial charge in [0.15, 0.2) is 6.04 Å². The number of hydrogen-bond donors (Lipinski definition) is 2. The first kappa shape index (κ1) is 23.6. The maximum atomic E-state index is 12.4. The number of rotatable bonds is 10. The zero-order chi connectivity index (χ0) is 23.8. The summed E-state index contributed by atoms with van der Waals surface area (Å²) >= 11 is 0. The molecule has 0 heterocycles. The molecule has 3 aromatic carbocycles. The number of nitriles is 1. The summed E-state index contributed by atoms with van der Waals surface area (Å²) in [5.41, 5.74) is 5.59. The topological polar surface area (TPSA) is 82.4 Å². The Labute approximate surface area is 195 Å². The number of nitrogens with zero attached hydrogens (tertiary/aromatic N) is 1. The van der Waals surface area contributed by atoms with E-state index in [4.69, 9.17) is 10.00 Å². The first-order valence-electron chi connectivity index (χ1n) is 10.9. The molecule has 0 aliphatic carbocycles. The molecule has 0 aliphatic rings. The molecular formula is C28H28N2O3. The van der Waals surface area contributed by atoms with Crippen molar-refractivity contribution in [2.45, 2.75) is 39.3 Å². The largest absolute Gasteiger partial charge is 0.488 e. The van der Waals surface area contributed by atoms with E-state index in [-0.39, 0.29) is 0 Å². The normalized spacial score (nSPS) is 11.3. The van der Waals surface area contributed by atoms with Crippen LogP contribution in [0.3, 0.4) is 0 Å². The number of allylic oxidation sites excluding steroid dienone is 1. The number of benzene rings is 3. The number of anilines is 1. The maximum absolute atomic E-state index is 12.4. The number of nitrogens with one attached hydrogen (secondary N) is 1. The van der Waals surface area contributed by atoms with Crippen molar-refractivity contribution in [1.29, 1.82) is 5.26 Å². The molecule has 0 aromatic heterocycles. The highest BCUT2D eigenvalue weighted by Crippen LogP contribution is 2.35. The molecule has 0 radical (unpaired) electrons. The highest BCUT2D eigenvalue weighted by molar-refractivity contribution is 5.81. The van der Waals surface area contributed by atoms with Crippen molar-refractivity contribution >= 4 is 11.7 Å². The van der Waals surface area contributed by atoms with Crippen LogP contribution in [0.15, 0.2) is 78.9 Å². The van der Waals surface area contributed by atoms with Gasteiger partial charge in [0, 0.05) is 11.3 Å². The Bertz CT molecular complexity index is 1160. The molecule has 168 valence electrons. The van der Waals surface area contributed by atoms with Gasteiger partial charge in [-0.2, -0.15) is 5.26 Å². The lowest BCUT2D eigenvalue weighted by atomic mass is 9.94. The summed E-state index contributed by atoms with van der Waals surface area (Å²) in [6, 6.07) is 21.5. The van der Waals surface area contributed by atoms with Gasteiger partial charge >= 0.3 is 5.97 Å². The molecule has 33 heavy (non-hydrogen) atoms. The van der Waals surface area contributed by atoms with Gasteiger partial charge in [0.2, 0.25) is 0 Å². The third-order valence-corrected chi connectivity index (χ3v) is 5.26. The van der Waals surface area contributed by atoms with Crippen LogP contribution in [0.2, 0.25) is 0 Å². The van der Waals surface area contributed by atoms with E-state index in [0.29, 0.717) is 35.6 Å². The van der Waals surface area contributed by atoms with Crippen molar-refractivity contribution in [3.63, 3.8) is 0 Å². The fourth-order valence-electron chi connectivity index (χ4n) is 3.64. The van der Waals surface area contributed by atoms with Gasteiger partial charge in [-0.25, -0.2) is 4.79 Å². The first-order chi connectivity index (χ1) is 15.9. The van der Waals surface area contributed by atoms with E-state index in [2.05, 4.69) is 24.0 Å². The number of hydrogen-bond acceptors (Lipinski definition) is 4. The van der Waals surface area contributed by atoms with Crippen LogP contribution in [0.5, 0.6) is 5.75 Å². The molecular weight excluding hydrogens is 412 g/mol. The number of carboxylic acid groups (broad SMARTS) is 1. The van der Waals surface area contributed by atoms with E-state index in [1.165, 1.54) is 0 Å². The van der Waals surface area contributed by atoms with Crippen LogP contribution in [0.4, 0.5) is 5.69 Å². The van der Waals surface area contributed by atoms with Crippen LogP contribution >= 0.6 is 0 Å². The SMILES string of the molecule is C=C(C)Cc1cc(CC)cc(C(Nc2ccc(C#N)cc2)C(=O)O)c1OCc1ccccc1. The van der Waals surface area contributed by atoms with E-state index in [9.17, 15) is 9.90 Å². The zero-order valence-electron chi connectivity index (χ0n) is 19.0. The summed E-state index contributed by atoms with van der Waals surface area (Å²) in [6.07, 6.45) is 1.35. The Morgan fingerprint density at radius 1 is 1.12 bits per heavy atom. The molecule has 3 aromatic rings. The van der Waals surface area contributed by atoms with Crippen molar-refractivity contribution < 1.29 is 14.6 Å². The lowest BCUT2D eigenvalue weighted by Gasteiger charge is -2.23. The highest BCUT2D eigenvalue weighted by atomic mass is 16.5. The predicted molar refractivity (Wildman–Crippen MR) is 130 cm³/mol. The summed E-state index contributed by atoms with van der Waals surface area (Å²) in [5, 5.41) is 22.3. The van der Waals surface area contributed by atoms with Crippen molar-refractivity contribution in [1.82, 2.24) is 0 Å². The third-order valence-electron chi connectivity index (χ3n) is 5.26. The molecule has 0 amide bonds. The van der Waals surface area contributed by atoms with Crippen molar-refractivity contribution in [2.24, 2.45) is 0 Å². The molecule has 2 N–H and O–H groups in total. The van der Waals surface area contributed by atoms with Crippen molar-refractivity contribution in [3.8, 4) is 11.8 Å². The quantitative estimate of drug-likeness (QED) is 0.375. The van der Waals surface area contributed by atoms with E-state index in [1.54, 1.807) is 24.3 Å². The second-order valence-corrected chi connectivity index (χ2v) is 8.04. The zero-order valence-corrected chi connectivity index (χ0v) is 19.0. The molecule has 0 spiro atoms. The summed E-state index contributed by atoms with van der Waals surface area (Å²) in [5.74, 6) is -0.453. The van der Waals surface area contributed by atoms with Gasteiger partial charge in [-0.05, 0) is 66.8 Å². The second kappa shape index (κ2) is 11.0. The van der Waals surface area contributed by atoms with Gasteiger partial charge in [-0.15, -0.1) is 0 Å². The minimum absolute atomic E-state index is 0.325. The highest BCUT2D eigenvalue weighted by Gasteiger charge is 2.26. The lowest BCUT2D eigenvalue weighted by molar-refractivity contribution is -0.138. The maximum Gasteiger partial charge on any atom is 0.330 e. The van der Waals surface area contributed by atoms with Gasteiger partial charge in [0.1, 0.15) is 12.4 Å². The smallest absolute Gasteiger partial charge is 0.330 e. The number of aryl methyl sites for hydroxylation is 1. The lowest BCUT2D eigenvalue weighted by Crippen LogP contribution is -2.22. The second-order valence-electron chi connectivity index (χ2n) is 8.04. The Morgan fingerprint density at radius 3 is 2.39 bits per heavy atom. The third kappa shape index (κ3) is 6.24. The van der Waals surface area contributed by atoms with Gasteiger partial charge in [0.25, 0.3) is 0 Å². The molecule has 0 fully saturated rings. The number of carboxylic acids is 1. The average Bonchev–Trinajstić information content (AvgIpc) is 2.81. The number of ether oxygens (including phenoxy) is 1. The van der Waals surface area contributed by atoms with Gasteiger partial charge in [-0.1, -0.05) is 55.5 Å². The fraction of sp³-hybridized carbons (Fsp3) is 0.214. The Morgan fingerprint density at radius 2 is 1.82 bits per heavy atom. The molecule has 3 rings (SSSR count). The number of carbonyl (C=O) groups is 1. The summed E-state index contributed by atoms with van der Waals surface area (Å²) in [7, 11) is 0. The standard InChI is InChI=1S/C28H28N2O3/c1-4-20-15-23(14-19(2)3)27(33-18-22-8-6-5-7-9-22)25(16-20)26(28(31)32)30-24-12-10-21(17-29)11-13-24/h5-13,15-16,26,30H,2,4,14,18H2,1,3H3,(H,31,32). The monoisotopic (exact) mass is 440 g/mol. The van der Waals surface area contributed by atoms with E-state index in [0.717, 1.165) is 28.7 Å². The Hall–Kier alpha value is -4.04. The molecule has 0 saturated carbocycles.